The molecule has 6 heteroatoms. The van der Waals surface area contributed by atoms with Gasteiger partial charge in [0.05, 0.1) is 12.2 Å². The summed E-state index contributed by atoms with van der Waals surface area (Å²) >= 11 is 0. The van der Waals surface area contributed by atoms with Gasteiger partial charge in [-0.25, -0.2) is 0 Å². The molecule has 0 saturated carbocycles. The van der Waals surface area contributed by atoms with Crippen LogP contribution in [0, 0.1) is 0 Å². The molecule has 6 nitrogen and oxygen atoms in total. The van der Waals surface area contributed by atoms with Crippen molar-refractivity contribution in [2.24, 2.45) is 0 Å². The number of hydrogen-bond acceptors (Lipinski definition) is 4. The molecule has 3 heterocycles. The molecule has 0 atom stereocenters. The van der Waals surface area contributed by atoms with E-state index in [0.717, 1.165) is 5.56 Å². The molecule has 2 aromatic rings. The van der Waals surface area contributed by atoms with Crippen LogP contribution < -0.4 is 0 Å². The number of benzene rings is 1. The summed E-state index contributed by atoms with van der Waals surface area (Å²) in [6.07, 6.45) is 4.29. The van der Waals surface area contributed by atoms with Gasteiger partial charge in [0, 0.05) is 51.4 Å². The Morgan fingerprint density at radius 3 is 2.56 bits per heavy atom. The van der Waals surface area contributed by atoms with E-state index in [1.54, 1.807) is 29.4 Å². The Hall–Kier alpha value is -2.73. The van der Waals surface area contributed by atoms with Gasteiger partial charge in [0.15, 0.2) is 0 Å². The summed E-state index contributed by atoms with van der Waals surface area (Å²) in [5.41, 5.74) is 0.904. The zero-order valence-electron chi connectivity index (χ0n) is 15.2. The number of carbonyl (C=O) groups is 2. The molecule has 4 rings (SSSR count). The molecule has 2 aliphatic heterocycles. The second-order valence-electron chi connectivity index (χ2n) is 7.09. The lowest BCUT2D eigenvalue weighted by Crippen LogP contribution is -2.60. The summed E-state index contributed by atoms with van der Waals surface area (Å²) in [7, 11) is 0. The molecule has 0 aliphatic carbocycles. The number of pyridine rings is 1. The van der Waals surface area contributed by atoms with Gasteiger partial charge in [0.25, 0.3) is 11.8 Å². The van der Waals surface area contributed by atoms with Crippen LogP contribution in [0.2, 0.25) is 0 Å². The van der Waals surface area contributed by atoms with Gasteiger partial charge >= 0.3 is 0 Å². The van der Waals surface area contributed by atoms with Crippen molar-refractivity contribution in [3.05, 3.63) is 66.0 Å². The third-order valence-electron chi connectivity index (χ3n) is 5.40. The minimum atomic E-state index is -0.793. The van der Waals surface area contributed by atoms with Crippen molar-refractivity contribution < 1.29 is 14.3 Å². The van der Waals surface area contributed by atoms with Crippen molar-refractivity contribution in [2.75, 3.05) is 26.2 Å². The molecule has 1 aromatic heterocycles. The van der Waals surface area contributed by atoms with Crippen molar-refractivity contribution in [2.45, 2.75) is 25.0 Å². The van der Waals surface area contributed by atoms with Gasteiger partial charge < -0.3 is 14.5 Å². The predicted molar refractivity (Wildman–Crippen MR) is 99.9 cm³/mol. The molecule has 1 aromatic carbocycles. The van der Waals surface area contributed by atoms with Crippen LogP contribution in [0.3, 0.4) is 0 Å². The molecular weight excluding hydrogens is 342 g/mol. The SMILES string of the molecule is O=C(c1cccnc1)N1CCC2(CC1)OCCN(Cc1ccccc1)C2=O. The van der Waals surface area contributed by atoms with E-state index in [1.807, 2.05) is 35.2 Å². The lowest BCUT2D eigenvalue weighted by Gasteiger charge is -2.46. The first-order chi connectivity index (χ1) is 13.2. The molecule has 0 unspecified atom stereocenters. The fraction of sp³-hybridized carbons (Fsp3) is 0.381. The van der Waals surface area contributed by atoms with Crippen LogP contribution in [0.25, 0.3) is 0 Å². The van der Waals surface area contributed by atoms with E-state index in [9.17, 15) is 9.59 Å². The van der Waals surface area contributed by atoms with E-state index in [-0.39, 0.29) is 11.8 Å². The molecule has 0 bridgehead atoms. The Kier molecular flexibility index (Phi) is 4.90. The molecule has 27 heavy (non-hydrogen) atoms. The maximum absolute atomic E-state index is 13.1. The molecule has 0 N–H and O–H groups in total. The maximum Gasteiger partial charge on any atom is 0.255 e. The Morgan fingerprint density at radius 1 is 1.07 bits per heavy atom. The molecule has 140 valence electrons. The van der Waals surface area contributed by atoms with Crippen molar-refractivity contribution in [3.8, 4) is 0 Å². The summed E-state index contributed by atoms with van der Waals surface area (Å²) in [6, 6.07) is 13.5. The smallest absolute Gasteiger partial charge is 0.255 e. The van der Waals surface area contributed by atoms with Gasteiger partial charge in [-0.2, -0.15) is 0 Å². The quantitative estimate of drug-likeness (QED) is 0.836. The second-order valence-corrected chi connectivity index (χ2v) is 7.09. The topological polar surface area (TPSA) is 62.7 Å². The second kappa shape index (κ2) is 7.48. The van der Waals surface area contributed by atoms with Gasteiger partial charge in [0.2, 0.25) is 0 Å². The largest absolute Gasteiger partial charge is 0.363 e. The Labute approximate surface area is 158 Å². The lowest BCUT2D eigenvalue weighted by molar-refractivity contribution is -0.179. The average molecular weight is 365 g/mol. The zero-order chi connectivity index (χ0) is 18.7. The minimum Gasteiger partial charge on any atom is -0.363 e. The van der Waals surface area contributed by atoms with E-state index >= 15 is 0 Å². The van der Waals surface area contributed by atoms with Gasteiger partial charge in [0.1, 0.15) is 5.60 Å². The fourth-order valence-electron chi connectivity index (χ4n) is 3.86. The Balaban J connectivity index is 1.42. The standard InChI is InChI=1S/C21H23N3O3/c25-19(18-7-4-10-22-15-18)23-11-8-21(9-12-23)20(26)24(13-14-27-21)16-17-5-2-1-3-6-17/h1-7,10,15H,8-9,11-14,16H2. The zero-order valence-corrected chi connectivity index (χ0v) is 15.2. The summed E-state index contributed by atoms with van der Waals surface area (Å²) in [5.74, 6) is 0.00781. The van der Waals surface area contributed by atoms with E-state index in [1.165, 1.54) is 0 Å². The summed E-state index contributed by atoms with van der Waals surface area (Å²) < 4.78 is 5.98. The van der Waals surface area contributed by atoms with Gasteiger partial charge in [-0.15, -0.1) is 0 Å². The van der Waals surface area contributed by atoms with Gasteiger partial charge in [-0.3, -0.25) is 14.6 Å². The van der Waals surface area contributed by atoms with Crippen molar-refractivity contribution >= 4 is 11.8 Å². The molecular formula is C21H23N3O3. The van der Waals surface area contributed by atoms with E-state index in [4.69, 9.17) is 4.74 Å². The molecule has 2 amide bonds. The van der Waals surface area contributed by atoms with Crippen LogP contribution in [-0.2, 0) is 16.1 Å². The molecule has 2 saturated heterocycles. The fourth-order valence-corrected chi connectivity index (χ4v) is 3.86. The first kappa shape index (κ1) is 17.7. The number of amides is 2. The summed E-state index contributed by atoms with van der Waals surface area (Å²) in [6.45, 7) is 2.77. The number of hydrogen-bond donors (Lipinski definition) is 0. The van der Waals surface area contributed by atoms with Crippen molar-refractivity contribution in [1.82, 2.24) is 14.8 Å². The van der Waals surface area contributed by atoms with Crippen molar-refractivity contribution in [3.63, 3.8) is 0 Å². The van der Waals surface area contributed by atoms with E-state index in [2.05, 4.69) is 4.98 Å². The summed E-state index contributed by atoms with van der Waals surface area (Å²) in [5, 5.41) is 0. The molecule has 2 fully saturated rings. The third-order valence-corrected chi connectivity index (χ3v) is 5.40. The highest BCUT2D eigenvalue weighted by atomic mass is 16.5. The first-order valence-electron chi connectivity index (χ1n) is 9.34. The van der Waals surface area contributed by atoms with E-state index in [0.29, 0.717) is 51.2 Å². The number of nitrogens with zero attached hydrogens (tertiary/aromatic N) is 3. The first-order valence-corrected chi connectivity index (χ1v) is 9.34. The Morgan fingerprint density at radius 2 is 1.85 bits per heavy atom. The van der Waals surface area contributed by atoms with Crippen molar-refractivity contribution in [1.29, 1.82) is 0 Å². The van der Waals surface area contributed by atoms with Crippen LogP contribution >= 0.6 is 0 Å². The van der Waals surface area contributed by atoms with Crippen LogP contribution in [-0.4, -0.2) is 58.4 Å². The minimum absolute atomic E-state index is 0.0395. The van der Waals surface area contributed by atoms with Crippen LogP contribution in [0.5, 0.6) is 0 Å². The number of likely N-dealkylation sites (tertiary alicyclic amines) is 1. The monoisotopic (exact) mass is 365 g/mol. The third kappa shape index (κ3) is 3.57. The van der Waals surface area contributed by atoms with Crippen LogP contribution in [0.15, 0.2) is 54.9 Å². The highest BCUT2D eigenvalue weighted by Gasteiger charge is 2.47. The highest BCUT2D eigenvalue weighted by molar-refractivity contribution is 5.94. The van der Waals surface area contributed by atoms with Gasteiger partial charge in [-0.05, 0) is 17.7 Å². The number of piperidine rings is 1. The van der Waals surface area contributed by atoms with E-state index < -0.39 is 5.60 Å². The van der Waals surface area contributed by atoms with Gasteiger partial charge in [-0.1, -0.05) is 30.3 Å². The maximum atomic E-state index is 13.1. The normalized spacial score (nSPS) is 19.3. The number of ether oxygens (including phenoxy) is 1. The molecule has 0 radical (unpaired) electrons. The molecule has 1 spiro atoms. The number of aromatic nitrogens is 1. The number of carbonyl (C=O) groups excluding carboxylic acids is 2. The highest BCUT2D eigenvalue weighted by Crippen LogP contribution is 2.32. The Bertz CT molecular complexity index is 802. The van der Waals surface area contributed by atoms with Crippen LogP contribution in [0.1, 0.15) is 28.8 Å². The average Bonchev–Trinajstić information content (AvgIpc) is 2.73. The summed E-state index contributed by atoms with van der Waals surface area (Å²) in [4.78, 5) is 33.4. The lowest BCUT2D eigenvalue weighted by atomic mass is 9.88. The number of morpholine rings is 1. The molecule has 2 aliphatic rings. The van der Waals surface area contributed by atoms with Crippen LogP contribution in [0.4, 0.5) is 0 Å². The predicted octanol–water partition coefficient (Wildman–Crippen LogP) is 2.12. The number of rotatable bonds is 3.